The Balaban J connectivity index is 2.86. The van der Waals surface area contributed by atoms with E-state index in [0.717, 1.165) is 5.56 Å². The molecule has 0 radical (unpaired) electrons. The molecule has 0 spiro atoms. The Morgan fingerprint density at radius 3 is 2.48 bits per heavy atom. The van der Waals surface area contributed by atoms with E-state index in [1.807, 2.05) is 19.1 Å². The Bertz CT molecular complexity index is 525. The highest BCUT2D eigenvalue weighted by Gasteiger charge is 2.27. The zero-order chi connectivity index (χ0) is 15.8. The maximum Gasteiger partial charge on any atom is 0.310 e. The summed E-state index contributed by atoms with van der Waals surface area (Å²) >= 11 is 0. The minimum atomic E-state index is -1.43. The van der Waals surface area contributed by atoms with Gasteiger partial charge in [0.15, 0.2) is 0 Å². The van der Waals surface area contributed by atoms with Gasteiger partial charge in [0, 0.05) is 0 Å². The van der Waals surface area contributed by atoms with Crippen molar-refractivity contribution in [2.75, 3.05) is 7.11 Å². The molecule has 0 unspecified atom stereocenters. The summed E-state index contributed by atoms with van der Waals surface area (Å²) in [5.74, 6) is -0.882. The van der Waals surface area contributed by atoms with Crippen molar-refractivity contribution in [2.24, 2.45) is 5.92 Å². The standard InChI is InChI=1S/C16H21NO3S/c1-5-7-14(16(18)20-4)15(6-2)17-21(19)13-10-8-12(3)9-11-13/h5-6,8-11,14-15,17H,1-2,7H2,3-4H3/t14-,15-,21-/m0/s1. The summed E-state index contributed by atoms with van der Waals surface area (Å²) in [5.41, 5.74) is 1.09. The number of nitrogens with one attached hydrogen (secondary N) is 1. The zero-order valence-corrected chi connectivity index (χ0v) is 13.2. The minimum Gasteiger partial charge on any atom is -0.469 e. The number of hydrogen-bond acceptors (Lipinski definition) is 3. The first kappa shape index (κ1) is 17.3. The highest BCUT2D eigenvalue weighted by Crippen LogP contribution is 2.15. The topological polar surface area (TPSA) is 55.4 Å². The van der Waals surface area contributed by atoms with E-state index in [0.29, 0.717) is 11.3 Å². The third-order valence-corrected chi connectivity index (χ3v) is 4.28. The third kappa shape index (κ3) is 4.95. The molecule has 1 N–H and O–H groups in total. The second-order valence-corrected chi connectivity index (χ2v) is 5.86. The number of hydrogen-bond donors (Lipinski definition) is 1. The van der Waals surface area contributed by atoms with Gasteiger partial charge in [0.05, 0.1) is 24.0 Å². The molecule has 0 aliphatic carbocycles. The maximum absolute atomic E-state index is 12.3. The average Bonchev–Trinajstić information content (AvgIpc) is 2.50. The zero-order valence-electron chi connectivity index (χ0n) is 12.4. The first-order valence-electron chi connectivity index (χ1n) is 6.59. The summed E-state index contributed by atoms with van der Waals surface area (Å²) in [6.07, 6.45) is 3.62. The lowest BCUT2D eigenvalue weighted by Crippen LogP contribution is -2.40. The fraction of sp³-hybridized carbons (Fsp3) is 0.312. The molecule has 0 fully saturated rings. The number of esters is 1. The number of carbonyl (C=O) groups excluding carboxylic acids is 1. The summed E-state index contributed by atoms with van der Waals surface area (Å²) in [4.78, 5) is 12.5. The van der Waals surface area contributed by atoms with Crippen LogP contribution in [-0.2, 0) is 20.5 Å². The van der Waals surface area contributed by atoms with Crippen LogP contribution in [0.3, 0.4) is 0 Å². The van der Waals surface area contributed by atoms with Gasteiger partial charge in [-0.15, -0.1) is 13.2 Å². The summed E-state index contributed by atoms with van der Waals surface area (Å²) in [7, 11) is -0.0988. The molecule has 4 nitrogen and oxygen atoms in total. The lowest BCUT2D eigenvalue weighted by molar-refractivity contribution is -0.145. The second-order valence-electron chi connectivity index (χ2n) is 4.62. The van der Waals surface area contributed by atoms with E-state index in [4.69, 9.17) is 4.74 Å². The third-order valence-electron chi connectivity index (χ3n) is 3.09. The molecule has 5 heteroatoms. The average molecular weight is 307 g/mol. The van der Waals surface area contributed by atoms with Crippen molar-refractivity contribution in [1.29, 1.82) is 0 Å². The fourth-order valence-corrected chi connectivity index (χ4v) is 2.90. The Morgan fingerprint density at radius 2 is 2.00 bits per heavy atom. The molecule has 0 saturated carbocycles. The van der Waals surface area contributed by atoms with E-state index < -0.39 is 22.9 Å². The van der Waals surface area contributed by atoms with Gasteiger partial charge in [-0.1, -0.05) is 29.8 Å². The summed E-state index contributed by atoms with van der Waals surface area (Å²) in [6, 6.07) is 6.90. The van der Waals surface area contributed by atoms with Crippen LogP contribution in [0.25, 0.3) is 0 Å². The molecule has 0 heterocycles. The van der Waals surface area contributed by atoms with Crippen LogP contribution in [0, 0.1) is 12.8 Å². The predicted molar refractivity (Wildman–Crippen MR) is 85.0 cm³/mol. The van der Waals surface area contributed by atoms with Gasteiger partial charge in [-0.3, -0.25) is 4.79 Å². The van der Waals surface area contributed by atoms with Gasteiger partial charge >= 0.3 is 5.97 Å². The highest BCUT2D eigenvalue weighted by atomic mass is 32.2. The Morgan fingerprint density at radius 1 is 1.38 bits per heavy atom. The smallest absolute Gasteiger partial charge is 0.310 e. The molecule has 0 bridgehead atoms. The molecule has 3 atom stereocenters. The van der Waals surface area contributed by atoms with Crippen molar-refractivity contribution in [3.63, 3.8) is 0 Å². The Hall–Kier alpha value is -1.72. The predicted octanol–water partition coefficient (Wildman–Crippen LogP) is 2.53. The number of methoxy groups -OCH3 is 1. The molecule has 0 saturated heterocycles. The van der Waals surface area contributed by atoms with Gasteiger partial charge in [-0.05, 0) is 25.5 Å². The van der Waals surface area contributed by atoms with E-state index in [-0.39, 0.29) is 5.97 Å². The summed E-state index contributed by atoms with van der Waals surface area (Å²) in [6.45, 7) is 9.30. The molecule has 0 amide bonds. The molecule has 0 aliphatic heterocycles. The van der Waals surface area contributed by atoms with E-state index in [9.17, 15) is 9.00 Å². The van der Waals surface area contributed by atoms with E-state index in [1.165, 1.54) is 7.11 Å². The number of allylic oxidation sites excluding steroid dienone is 1. The molecule has 1 aromatic rings. The number of benzene rings is 1. The molecule has 1 rings (SSSR count). The van der Waals surface area contributed by atoms with Gasteiger partial charge < -0.3 is 4.74 Å². The SMILES string of the molecule is C=CC[C@H](C(=O)OC)[C@H](C=C)N[S@@](=O)c1ccc(C)cc1. The highest BCUT2D eigenvalue weighted by molar-refractivity contribution is 7.83. The second kappa shape index (κ2) is 8.54. The molecule has 0 aliphatic rings. The molecule has 21 heavy (non-hydrogen) atoms. The van der Waals surface area contributed by atoms with Crippen LogP contribution in [0.5, 0.6) is 0 Å². The largest absolute Gasteiger partial charge is 0.469 e. The monoisotopic (exact) mass is 307 g/mol. The lowest BCUT2D eigenvalue weighted by atomic mass is 9.97. The van der Waals surface area contributed by atoms with Gasteiger partial charge in [0.1, 0.15) is 11.0 Å². The van der Waals surface area contributed by atoms with Crippen molar-refractivity contribution >= 4 is 17.0 Å². The number of rotatable bonds is 8. The van der Waals surface area contributed by atoms with E-state index in [2.05, 4.69) is 17.9 Å². The summed E-state index contributed by atoms with van der Waals surface area (Å²) < 4.78 is 20.0. The Labute approximate surface area is 128 Å². The first-order chi connectivity index (χ1) is 10.0. The van der Waals surface area contributed by atoms with Gasteiger partial charge in [-0.25, -0.2) is 8.93 Å². The maximum atomic E-state index is 12.3. The van der Waals surface area contributed by atoms with Crippen LogP contribution >= 0.6 is 0 Å². The Kier molecular flexibility index (Phi) is 7.05. The van der Waals surface area contributed by atoms with Crippen LogP contribution in [0.4, 0.5) is 0 Å². The first-order valence-corrected chi connectivity index (χ1v) is 7.74. The molecular formula is C16H21NO3S. The lowest BCUT2D eigenvalue weighted by Gasteiger charge is -2.22. The van der Waals surface area contributed by atoms with Gasteiger partial charge in [-0.2, -0.15) is 0 Å². The van der Waals surface area contributed by atoms with Crippen molar-refractivity contribution in [2.45, 2.75) is 24.3 Å². The normalized spacial score (nSPS) is 14.8. The number of carbonyl (C=O) groups is 1. The van der Waals surface area contributed by atoms with E-state index >= 15 is 0 Å². The van der Waals surface area contributed by atoms with Crippen molar-refractivity contribution in [1.82, 2.24) is 4.72 Å². The fourth-order valence-electron chi connectivity index (χ4n) is 1.87. The van der Waals surface area contributed by atoms with Gasteiger partial charge in [0.25, 0.3) is 0 Å². The van der Waals surface area contributed by atoms with Crippen molar-refractivity contribution in [3.05, 3.63) is 55.1 Å². The molecule has 1 aromatic carbocycles. The van der Waals surface area contributed by atoms with Crippen LogP contribution in [-0.4, -0.2) is 23.3 Å². The quantitative estimate of drug-likeness (QED) is 0.593. The number of ether oxygens (including phenoxy) is 1. The minimum absolute atomic E-state index is 0.381. The summed E-state index contributed by atoms with van der Waals surface area (Å²) in [5, 5.41) is 0. The van der Waals surface area contributed by atoms with Crippen molar-refractivity contribution < 1.29 is 13.7 Å². The van der Waals surface area contributed by atoms with Gasteiger partial charge in [0.2, 0.25) is 0 Å². The van der Waals surface area contributed by atoms with Crippen molar-refractivity contribution in [3.8, 4) is 0 Å². The van der Waals surface area contributed by atoms with E-state index in [1.54, 1.807) is 24.3 Å². The molecule has 114 valence electrons. The van der Waals surface area contributed by atoms with Crippen LogP contribution in [0.15, 0.2) is 54.5 Å². The number of aryl methyl sites for hydroxylation is 1. The van der Waals surface area contributed by atoms with Crippen LogP contribution in [0.2, 0.25) is 0 Å². The molecule has 0 aromatic heterocycles. The van der Waals surface area contributed by atoms with Crippen LogP contribution in [0.1, 0.15) is 12.0 Å². The van der Waals surface area contributed by atoms with Crippen LogP contribution < -0.4 is 4.72 Å². The molecular weight excluding hydrogens is 286 g/mol.